The van der Waals surface area contributed by atoms with Crippen molar-refractivity contribution in [3.8, 4) is 39.0 Å². The molecular weight excluding hydrogens is 482 g/mol. The van der Waals surface area contributed by atoms with Crippen molar-refractivity contribution in [2.24, 2.45) is 0 Å². The van der Waals surface area contributed by atoms with Crippen molar-refractivity contribution in [3.63, 3.8) is 0 Å². The van der Waals surface area contributed by atoms with Crippen LogP contribution in [0.25, 0.3) is 55.2 Å². The number of thiophene rings is 1. The molecule has 1 fully saturated rings. The van der Waals surface area contributed by atoms with Crippen LogP contribution in [0.15, 0.2) is 66.4 Å². The third-order valence-electron chi connectivity index (χ3n) is 6.86. The number of nitrogens with one attached hydrogen (secondary N) is 2. The fraction of sp³-hybridized carbons (Fsp3) is 0.214. The number of aromatic nitrogens is 6. The van der Waals surface area contributed by atoms with E-state index in [-0.39, 0.29) is 0 Å². The Balaban J connectivity index is 1.20. The molecule has 0 bridgehead atoms. The monoisotopic (exact) mass is 507 g/mol. The summed E-state index contributed by atoms with van der Waals surface area (Å²) < 4.78 is 6.03. The number of nitrogens with zero attached hydrogens (tertiary/aromatic N) is 5. The van der Waals surface area contributed by atoms with E-state index in [4.69, 9.17) is 9.72 Å². The van der Waals surface area contributed by atoms with E-state index < -0.39 is 0 Å². The number of likely N-dealkylation sites (tertiary alicyclic amines) is 1. The lowest BCUT2D eigenvalue weighted by molar-refractivity contribution is 0.237. The highest BCUT2D eigenvalue weighted by molar-refractivity contribution is 7.13. The Hall–Kier alpha value is -4.08. The topological polar surface area (TPSA) is 95.6 Å². The number of hydrogen-bond acceptors (Lipinski definition) is 7. The maximum atomic E-state index is 6.03. The van der Waals surface area contributed by atoms with Gasteiger partial charge in [-0.25, -0.2) is 4.98 Å². The molecule has 184 valence electrons. The second-order valence-electron chi connectivity index (χ2n) is 9.26. The van der Waals surface area contributed by atoms with Gasteiger partial charge in [-0.15, -0.1) is 11.3 Å². The zero-order valence-electron chi connectivity index (χ0n) is 20.1. The molecule has 0 unspecified atom stereocenters. The molecule has 9 heteroatoms. The number of benzene rings is 1. The van der Waals surface area contributed by atoms with Crippen molar-refractivity contribution in [1.29, 1.82) is 0 Å². The molecule has 5 aromatic heterocycles. The van der Waals surface area contributed by atoms with Gasteiger partial charge in [-0.05, 0) is 67.2 Å². The van der Waals surface area contributed by atoms with Gasteiger partial charge in [-0.1, -0.05) is 12.1 Å². The van der Waals surface area contributed by atoms with Crippen LogP contribution in [0.2, 0.25) is 0 Å². The molecule has 1 aromatic carbocycles. The van der Waals surface area contributed by atoms with Gasteiger partial charge in [0.05, 0.1) is 22.1 Å². The maximum absolute atomic E-state index is 6.03. The molecule has 1 aliphatic heterocycles. The van der Waals surface area contributed by atoms with Gasteiger partial charge in [0.1, 0.15) is 29.3 Å². The van der Waals surface area contributed by atoms with E-state index in [1.54, 1.807) is 17.5 Å². The van der Waals surface area contributed by atoms with Crippen molar-refractivity contribution >= 4 is 33.3 Å². The van der Waals surface area contributed by atoms with Crippen LogP contribution < -0.4 is 4.74 Å². The number of aromatic amines is 2. The van der Waals surface area contributed by atoms with Crippen LogP contribution in [-0.2, 0) is 0 Å². The van der Waals surface area contributed by atoms with E-state index in [0.717, 1.165) is 61.6 Å². The summed E-state index contributed by atoms with van der Waals surface area (Å²) in [7, 11) is 0. The number of hydrogen-bond donors (Lipinski definition) is 2. The lowest BCUT2D eigenvalue weighted by Gasteiger charge is -2.15. The summed E-state index contributed by atoms with van der Waals surface area (Å²) in [5, 5.41) is 10.8. The first-order valence-corrected chi connectivity index (χ1v) is 13.4. The largest absolute Gasteiger partial charge is 0.491 e. The second kappa shape index (κ2) is 9.42. The van der Waals surface area contributed by atoms with Crippen LogP contribution in [0.1, 0.15) is 12.8 Å². The lowest BCUT2D eigenvalue weighted by atomic mass is 10.0. The Morgan fingerprint density at radius 3 is 2.81 bits per heavy atom. The third-order valence-corrected chi connectivity index (χ3v) is 7.74. The van der Waals surface area contributed by atoms with Crippen molar-refractivity contribution in [3.05, 3.63) is 66.4 Å². The van der Waals surface area contributed by atoms with Gasteiger partial charge >= 0.3 is 0 Å². The molecule has 6 aromatic rings. The summed E-state index contributed by atoms with van der Waals surface area (Å²) in [5.41, 5.74) is 6.42. The predicted octanol–water partition coefficient (Wildman–Crippen LogP) is 5.77. The normalized spacial score (nSPS) is 14.2. The first-order chi connectivity index (χ1) is 18.3. The van der Waals surface area contributed by atoms with Gasteiger partial charge in [0.15, 0.2) is 5.82 Å². The van der Waals surface area contributed by atoms with Crippen LogP contribution in [0.5, 0.6) is 5.75 Å². The minimum atomic E-state index is 0.671. The predicted molar refractivity (Wildman–Crippen MR) is 147 cm³/mol. The smallest absolute Gasteiger partial charge is 0.159 e. The molecule has 2 N–H and O–H groups in total. The van der Waals surface area contributed by atoms with Gasteiger partial charge in [0, 0.05) is 29.9 Å². The molecular formula is C28H25N7OS. The van der Waals surface area contributed by atoms with E-state index in [9.17, 15) is 0 Å². The molecule has 0 saturated carbocycles. The third kappa shape index (κ3) is 4.26. The van der Waals surface area contributed by atoms with Crippen LogP contribution in [0.4, 0.5) is 0 Å². The summed E-state index contributed by atoms with van der Waals surface area (Å²) >= 11 is 1.66. The second-order valence-corrected chi connectivity index (χ2v) is 10.2. The molecule has 0 radical (unpaired) electrons. The molecule has 37 heavy (non-hydrogen) atoms. The van der Waals surface area contributed by atoms with E-state index in [2.05, 4.69) is 59.7 Å². The Morgan fingerprint density at radius 2 is 1.92 bits per heavy atom. The minimum Gasteiger partial charge on any atom is -0.491 e. The fourth-order valence-electron chi connectivity index (χ4n) is 4.97. The zero-order valence-corrected chi connectivity index (χ0v) is 21.0. The lowest BCUT2D eigenvalue weighted by Crippen LogP contribution is -2.25. The molecule has 8 nitrogen and oxygen atoms in total. The summed E-state index contributed by atoms with van der Waals surface area (Å²) in [5.74, 6) is 1.50. The molecule has 0 atom stereocenters. The Labute approximate surface area is 217 Å². The average molecular weight is 508 g/mol. The first-order valence-electron chi connectivity index (χ1n) is 12.5. The van der Waals surface area contributed by atoms with Crippen molar-refractivity contribution in [2.45, 2.75) is 12.8 Å². The maximum Gasteiger partial charge on any atom is 0.159 e. The summed E-state index contributed by atoms with van der Waals surface area (Å²) in [6.07, 6.45) is 8.04. The van der Waals surface area contributed by atoms with E-state index >= 15 is 0 Å². The number of rotatable bonds is 7. The molecule has 6 heterocycles. The summed E-state index contributed by atoms with van der Waals surface area (Å²) in [4.78, 5) is 20.9. The zero-order chi connectivity index (χ0) is 24.6. The van der Waals surface area contributed by atoms with Gasteiger partial charge in [0.2, 0.25) is 0 Å². The average Bonchev–Trinajstić information content (AvgIpc) is 3.74. The summed E-state index contributed by atoms with van der Waals surface area (Å²) in [6.45, 7) is 3.97. The quantitative estimate of drug-likeness (QED) is 0.285. The molecule has 1 aliphatic rings. The SMILES string of the molecule is c1csc(-c2nccc3[nH]c(-c4n[nH]c5ccc(-c6cncc(OCCN7CCCC7)c6)cc45)nc23)c1. The first kappa shape index (κ1) is 22.1. The minimum absolute atomic E-state index is 0.671. The van der Waals surface area contributed by atoms with Crippen LogP contribution in [0, 0.1) is 0 Å². The van der Waals surface area contributed by atoms with E-state index in [1.165, 1.54) is 25.9 Å². The molecule has 0 amide bonds. The van der Waals surface area contributed by atoms with Gasteiger partial charge in [0.25, 0.3) is 0 Å². The summed E-state index contributed by atoms with van der Waals surface area (Å²) in [6, 6.07) is 14.3. The van der Waals surface area contributed by atoms with Crippen LogP contribution in [0.3, 0.4) is 0 Å². The number of ether oxygens (including phenoxy) is 1. The Morgan fingerprint density at radius 1 is 0.973 bits per heavy atom. The van der Waals surface area contributed by atoms with E-state index in [1.807, 2.05) is 30.6 Å². The highest BCUT2D eigenvalue weighted by atomic mass is 32.1. The molecule has 0 aliphatic carbocycles. The molecule has 1 saturated heterocycles. The Bertz CT molecular complexity index is 1680. The van der Waals surface area contributed by atoms with Crippen molar-refractivity contribution in [1.82, 2.24) is 35.0 Å². The molecule has 7 rings (SSSR count). The highest BCUT2D eigenvalue weighted by Gasteiger charge is 2.17. The van der Waals surface area contributed by atoms with Gasteiger partial charge in [-0.3, -0.25) is 20.0 Å². The number of pyridine rings is 2. The van der Waals surface area contributed by atoms with Crippen molar-refractivity contribution < 1.29 is 4.74 Å². The standard InChI is InChI=1S/C28H25N7OS/c1-2-10-35(9-1)11-12-36-20-14-19(16-29-17-20)18-5-6-22-21(15-18)25(34-33-22)28-31-23-7-8-30-27(26(23)32-28)24-4-3-13-37-24/h3-8,13-17H,1-2,9-12H2,(H,31,32)(H,33,34). The Kier molecular flexibility index (Phi) is 5.64. The number of imidazole rings is 1. The van der Waals surface area contributed by atoms with Crippen LogP contribution in [-0.4, -0.2) is 61.3 Å². The number of H-pyrrole nitrogens is 2. The highest BCUT2D eigenvalue weighted by Crippen LogP contribution is 2.33. The van der Waals surface area contributed by atoms with Crippen molar-refractivity contribution in [2.75, 3.05) is 26.2 Å². The number of fused-ring (bicyclic) bond motifs is 2. The van der Waals surface area contributed by atoms with Gasteiger partial charge < -0.3 is 9.72 Å². The van der Waals surface area contributed by atoms with Crippen LogP contribution >= 0.6 is 11.3 Å². The molecule has 0 spiro atoms. The fourth-order valence-corrected chi connectivity index (χ4v) is 5.69. The van der Waals surface area contributed by atoms with Gasteiger partial charge in [-0.2, -0.15) is 5.10 Å². The van der Waals surface area contributed by atoms with E-state index in [0.29, 0.717) is 12.4 Å².